The molecule has 1 aromatic carbocycles. The number of hydrogen-bond acceptors (Lipinski definition) is 6. The number of fused-ring (bicyclic) bond motifs is 1. The number of ether oxygens (including phenoxy) is 1. The summed E-state index contributed by atoms with van der Waals surface area (Å²) in [6.45, 7) is 7.09. The van der Waals surface area contributed by atoms with Gasteiger partial charge in [-0.3, -0.25) is 19.2 Å². The molecule has 0 amide bonds. The first-order valence-corrected chi connectivity index (χ1v) is 9.84. The quantitative estimate of drug-likeness (QED) is 0.730. The maximum atomic E-state index is 13.2. The van der Waals surface area contributed by atoms with Crippen LogP contribution < -0.4 is 15.2 Å². The highest BCUT2D eigenvalue weighted by molar-refractivity contribution is 5.66. The molecule has 0 unspecified atom stereocenters. The minimum Gasteiger partial charge on any atom is -0.495 e. The molecule has 7 heteroatoms. The number of aromatic nitrogens is 2. The molecule has 0 atom stereocenters. The van der Waals surface area contributed by atoms with Crippen LogP contribution in [0.2, 0.25) is 0 Å². The SMILES string of the molecule is CCc1c(C)nc2n(c1=O)CN(CCCN(C)C)CN2c1ccccc1OC. The second-order valence-corrected chi connectivity index (χ2v) is 7.50. The molecule has 1 aromatic heterocycles. The second kappa shape index (κ2) is 8.75. The molecule has 28 heavy (non-hydrogen) atoms. The third kappa shape index (κ3) is 4.05. The van der Waals surface area contributed by atoms with Crippen LogP contribution in [0.25, 0.3) is 0 Å². The number of benzene rings is 1. The Morgan fingerprint density at radius 1 is 1.21 bits per heavy atom. The van der Waals surface area contributed by atoms with Gasteiger partial charge in [-0.2, -0.15) is 0 Å². The van der Waals surface area contributed by atoms with Crippen LogP contribution in [0.1, 0.15) is 24.6 Å². The molecular formula is C21H31N5O2. The molecule has 3 rings (SSSR count). The van der Waals surface area contributed by atoms with Gasteiger partial charge in [-0.05, 0) is 52.5 Å². The summed E-state index contributed by atoms with van der Waals surface area (Å²) in [5.41, 5.74) is 2.58. The molecule has 0 aliphatic carbocycles. The van der Waals surface area contributed by atoms with Gasteiger partial charge in [0.2, 0.25) is 5.95 Å². The number of methoxy groups -OCH3 is 1. The van der Waals surface area contributed by atoms with Crippen LogP contribution >= 0.6 is 0 Å². The van der Waals surface area contributed by atoms with Crippen molar-refractivity contribution in [2.75, 3.05) is 45.9 Å². The summed E-state index contributed by atoms with van der Waals surface area (Å²) >= 11 is 0. The highest BCUT2D eigenvalue weighted by Crippen LogP contribution is 2.34. The molecule has 152 valence electrons. The minimum atomic E-state index is 0.0576. The first-order chi connectivity index (χ1) is 13.5. The Hall–Kier alpha value is -2.38. The fourth-order valence-electron chi connectivity index (χ4n) is 3.72. The summed E-state index contributed by atoms with van der Waals surface area (Å²) in [6.07, 6.45) is 1.73. The van der Waals surface area contributed by atoms with Crippen molar-refractivity contribution in [3.63, 3.8) is 0 Å². The molecule has 0 fully saturated rings. The van der Waals surface area contributed by atoms with Gasteiger partial charge in [-0.25, -0.2) is 4.98 Å². The Kier molecular flexibility index (Phi) is 6.36. The standard InChI is InChI=1S/C21H31N5O2/c1-6-17-16(2)22-21-25(18-10-7-8-11-19(18)28-5)14-24(13-9-12-23(3)4)15-26(21)20(17)27/h7-8,10-11H,6,9,12-15H2,1-5H3. The molecule has 0 bridgehead atoms. The minimum absolute atomic E-state index is 0.0576. The Morgan fingerprint density at radius 3 is 2.64 bits per heavy atom. The van der Waals surface area contributed by atoms with Crippen molar-refractivity contribution in [1.82, 2.24) is 19.4 Å². The van der Waals surface area contributed by atoms with Crippen LogP contribution in [0.4, 0.5) is 11.6 Å². The summed E-state index contributed by atoms with van der Waals surface area (Å²) in [5, 5.41) is 0. The predicted molar refractivity (Wildman–Crippen MR) is 112 cm³/mol. The van der Waals surface area contributed by atoms with Gasteiger partial charge in [0.05, 0.1) is 26.1 Å². The smallest absolute Gasteiger partial charge is 0.259 e. The highest BCUT2D eigenvalue weighted by Gasteiger charge is 2.28. The lowest BCUT2D eigenvalue weighted by Crippen LogP contribution is -2.48. The first-order valence-electron chi connectivity index (χ1n) is 9.84. The van der Waals surface area contributed by atoms with Gasteiger partial charge >= 0.3 is 0 Å². The lowest BCUT2D eigenvalue weighted by atomic mass is 10.2. The van der Waals surface area contributed by atoms with E-state index in [0.29, 0.717) is 25.7 Å². The average Bonchev–Trinajstić information content (AvgIpc) is 2.68. The summed E-state index contributed by atoms with van der Waals surface area (Å²) in [6, 6.07) is 7.89. The zero-order valence-corrected chi connectivity index (χ0v) is 17.6. The Labute approximate surface area is 167 Å². The van der Waals surface area contributed by atoms with Crippen LogP contribution in [-0.4, -0.2) is 60.3 Å². The molecule has 1 aliphatic rings. The van der Waals surface area contributed by atoms with Gasteiger partial charge in [0.15, 0.2) is 0 Å². The van der Waals surface area contributed by atoms with E-state index in [4.69, 9.17) is 9.72 Å². The van der Waals surface area contributed by atoms with E-state index in [9.17, 15) is 4.79 Å². The third-order valence-electron chi connectivity index (χ3n) is 5.18. The molecule has 2 heterocycles. The van der Waals surface area contributed by atoms with E-state index in [2.05, 4.69) is 28.8 Å². The van der Waals surface area contributed by atoms with Crippen molar-refractivity contribution < 1.29 is 4.74 Å². The molecule has 0 saturated carbocycles. The first kappa shape index (κ1) is 20.4. The number of nitrogens with zero attached hydrogens (tertiary/aromatic N) is 5. The number of rotatable bonds is 7. The normalized spacial score (nSPS) is 14.4. The van der Waals surface area contributed by atoms with Gasteiger partial charge in [0.1, 0.15) is 5.75 Å². The van der Waals surface area contributed by atoms with Crippen LogP contribution in [0.15, 0.2) is 29.1 Å². The fourth-order valence-corrected chi connectivity index (χ4v) is 3.72. The number of aryl methyl sites for hydroxylation is 1. The average molecular weight is 386 g/mol. The van der Waals surface area contributed by atoms with E-state index < -0.39 is 0 Å². The van der Waals surface area contributed by atoms with E-state index in [1.165, 1.54) is 0 Å². The van der Waals surface area contributed by atoms with Gasteiger partial charge in [0, 0.05) is 17.8 Å². The van der Waals surface area contributed by atoms with Gasteiger partial charge in [0.25, 0.3) is 5.56 Å². The molecule has 2 aromatic rings. The van der Waals surface area contributed by atoms with E-state index in [1.807, 2.05) is 38.1 Å². The van der Waals surface area contributed by atoms with E-state index >= 15 is 0 Å². The highest BCUT2D eigenvalue weighted by atomic mass is 16.5. The van der Waals surface area contributed by atoms with Gasteiger partial charge < -0.3 is 9.64 Å². The Balaban J connectivity index is 2.05. The van der Waals surface area contributed by atoms with Crippen molar-refractivity contribution in [3.8, 4) is 5.75 Å². The topological polar surface area (TPSA) is 53.8 Å². The maximum absolute atomic E-state index is 13.2. The predicted octanol–water partition coefficient (Wildman–Crippen LogP) is 2.44. The van der Waals surface area contributed by atoms with Crippen LogP contribution in [0.3, 0.4) is 0 Å². The van der Waals surface area contributed by atoms with Crippen molar-refractivity contribution in [1.29, 1.82) is 0 Å². The van der Waals surface area contributed by atoms with Gasteiger partial charge in [-0.1, -0.05) is 19.1 Å². The van der Waals surface area contributed by atoms with Crippen molar-refractivity contribution in [2.24, 2.45) is 0 Å². The summed E-state index contributed by atoms with van der Waals surface area (Å²) in [4.78, 5) is 24.5. The molecule has 0 spiro atoms. The summed E-state index contributed by atoms with van der Waals surface area (Å²) in [5.74, 6) is 1.46. The van der Waals surface area contributed by atoms with E-state index in [-0.39, 0.29) is 5.56 Å². The molecule has 0 saturated heterocycles. The molecule has 7 nitrogen and oxygen atoms in total. The van der Waals surface area contributed by atoms with Crippen molar-refractivity contribution >= 4 is 11.6 Å². The van der Waals surface area contributed by atoms with Gasteiger partial charge in [-0.15, -0.1) is 0 Å². The summed E-state index contributed by atoms with van der Waals surface area (Å²) < 4.78 is 7.39. The lowest BCUT2D eigenvalue weighted by Gasteiger charge is -2.39. The van der Waals surface area contributed by atoms with Crippen LogP contribution in [0, 0.1) is 6.92 Å². The van der Waals surface area contributed by atoms with E-state index in [0.717, 1.165) is 42.2 Å². The Morgan fingerprint density at radius 2 is 1.96 bits per heavy atom. The van der Waals surface area contributed by atoms with E-state index in [1.54, 1.807) is 11.7 Å². The molecule has 1 aliphatic heterocycles. The molecule has 0 N–H and O–H groups in total. The largest absolute Gasteiger partial charge is 0.495 e. The Bertz CT molecular complexity index is 878. The molecule has 0 radical (unpaired) electrons. The number of hydrogen-bond donors (Lipinski definition) is 0. The fraction of sp³-hybridized carbons (Fsp3) is 0.524. The van der Waals surface area contributed by atoms with Crippen LogP contribution in [-0.2, 0) is 13.1 Å². The number of para-hydroxylation sites is 2. The summed E-state index contributed by atoms with van der Waals surface area (Å²) in [7, 11) is 5.83. The third-order valence-corrected chi connectivity index (χ3v) is 5.18. The zero-order chi connectivity index (χ0) is 20.3. The zero-order valence-electron chi connectivity index (χ0n) is 17.6. The monoisotopic (exact) mass is 385 g/mol. The van der Waals surface area contributed by atoms with Crippen molar-refractivity contribution in [2.45, 2.75) is 33.4 Å². The van der Waals surface area contributed by atoms with Crippen LogP contribution in [0.5, 0.6) is 5.75 Å². The molecular weight excluding hydrogens is 354 g/mol. The van der Waals surface area contributed by atoms with Crippen molar-refractivity contribution in [3.05, 3.63) is 45.9 Å². The maximum Gasteiger partial charge on any atom is 0.259 e. The lowest BCUT2D eigenvalue weighted by molar-refractivity contribution is 0.188. The second-order valence-electron chi connectivity index (χ2n) is 7.50. The number of anilines is 2.